The quantitative estimate of drug-likeness (QED) is 0.408. The molecule has 0 spiro atoms. The molecule has 1 fully saturated rings. The number of carbonyl (C=O) groups excluding carboxylic acids is 1. The summed E-state index contributed by atoms with van der Waals surface area (Å²) in [4.78, 5) is 13.5. The van der Waals surface area contributed by atoms with Crippen molar-refractivity contribution in [2.75, 3.05) is 13.1 Å². The van der Waals surface area contributed by atoms with Crippen LogP contribution in [0.5, 0.6) is 0 Å². The molecule has 1 aromatic carbocycles. The van der Waals surface area contributed by atoms with E-state index in [0.29, 0.717) is 12.3 Å². The molecular formula is C17H24INOSi. The molecule has 114 valence electrons. The van der Waals surface area contributed by atoms with Crippen LogP contribution in [0.3, 0.4) is 0 Å². The first kappa shape index (κ1) is 16.9. The smallest absolute Gasteiger partial charge is 0.120 e. The lowest BCUT2D eigenvalue weighted by Gasteiger charge is -2.20. The fraction of sp³-hybridized carbons (Fsp3) is 0.471. The Hall–Kier alpha value is -0.463. The van der Waals surface area contributed by atoms with Crippen LogP contribution < -0.4 is 0 Å². The minimum atomic E-state index is -1.29. The third-order valence-corrected chi connectivity index (χ3v) is 11.1. The van der Waals surface area contributed by atoms with Gasteiger partial charge in [0, 0.05) is 32.0 Å². The average Bonchev–Trinajstić information content (AvgIpc) is 2.81. The van der Waals surface area contributed by atoms with Crippen LogP contribution in [0.15, 0.2) is 39.1 Å². The monoisotopic (exact) mass is 413 g/mol. The first-order valence-corrected chi connectivity index (χ1v) is 12.1. The van der Waals surface area contributed by atoms with Crippen molar-refractivity contribution in [3.63, 3.8) is 0 Å². The highest BCUT2D eigenvalue weighted by Gasteiger charge is 2.32. The van der Waals surface area contributed by atoms with Gasteiger partial charge in [-0.3, -0.25) is 4.90 Å². The van der Waals surface area contributed by atoms with Gasteiger partial charge in [-0.05, 0) is 14.3 Å². The number of halogens is 1. The number of benzene rings is 1. The SMILES string of the molecule is C[Si](C)(C)/C(I)=C1\CN(Cc2ccccc2)CC1CC=O. The highest BCUT2D eigenvalue weighted by atomic mass is 127. The van der Waals surface area contributed by atoms with E-state index in [9.17, 15) is 4.79 Å². The Balaban J connectivity index is 2.17. The number of hydrogen-bond acceptors (Lipinski definition) is 2. The van der Waals surface area contributed by atoms with Crippen molar-refractivity contribution >= 4 is 37.0 Å². The summed E-state index contributed by atoms with van der Waals surface area (Å²) in [6.07, 6.45) is 1.75. The minimum Gasteiger partial charge on any atom is -0.303 e. The van der Waals surface area contributed by atoms with Crippen LogP contribution in [0.4, 0.5) is 0 Å². The molecule has 0 bridgehead atoms. The Morgan fingerprint density at radius 3 is 2.57 bits per heavy atom. The average molecular weight is 413 g/mol. The van der Waals surface area contributed by atoms with Gasteiger partial charge in [-0.25, -0.2) is 0 Å². The van der Waals surface area contributed by atoms with Crippen molar-refractivity contribution in [1.29, 1.82) is 0 Å². The van der Waals surface area contributed by atoms with Crippen molar-refractivity contribution in [3.8, 4) is 0 Å². The van der Waals surface area contributed by atoms with Crippen molar-refractivity contribution in [3.05, 3.63) is 44.7 Å². The first-order chi connectivity index (χ1) is 9.91. The van der Waals surface area contributed by atoms with E-state index >= 15 is 0 Å². The Kier molecular flexibility index (Phi) is 5.79. The van der Waals surface area contributed by atoms with E-state index in [-0.39, 0.29) is 0 Å². The number of carbonyl (C=O) groups is 1. The molecule has 0 aromatic heterocycles. The highest BCUT2D eigenvalue weighted by Crippen LogP contribution is 2.35. The van der Waals surface area contributed by atoms with E-state index in [1.54, 1.807) is 3.20 Å². The van der Waals surface area contributed by atoms with Crippen molar-refractivity contribution < 1.29 is 4.79 Å². The largest absolute Gasteiger partial charge is 0.303 e. The zero-order valence-corrected chi connectivity index (χ0v) is 16.3. The zero-order valence-electron chi connectivity index (χ0n) is 13.1. The summed E-state index contributed by atoms with van der Waals surface area (Å²) >= 11 is 2.55. The van der Waals surface area contributed by atoms with Gasteiger partial charge < -0.3 is 4.79 Å². The summed E-state index contributed by atoms with van der Waals surface area (Å²) in [5.74, 6) is 0.421. The second kappa shape index (κ2) is 7.20. The van der Waals surface area contributed by atoms with E-state index in [1.165, 1.54) is 11.1 Å². The molecule has 1 aliphatic heterocycles. The Bertz CT molecular complexity index is 521. The lowest BCUT2D eigenvalue weighted by atomic mass is 10.0. The molecule has 0 amide bonds. The van der Waals surface area contributed by atoms with Crippen LogP contribution in [-0.4, -0.2) is 32.3 Å². The van der Waals surface area contributed by atoms with Gasteiger partial charge >= 0.3 is 0 Å². The standard InChI is InChI=1S/C17H24INOSi/c1-21(2,3)17(18)16-13-19(12-15(16)9-10-20)11-14-7-5-4-6-8-14/h4-8,10,15H,9,11-13H2,1-3H3/b17-16+. The van der Waals surface area contributed by atoms with E-state index in [2.05, 4.69) is 77.5 Å². The number of rotatable bonds is 5. The molecule has 0 aliphatic carbocycles. The van der Waals surface area contributed by atoms with Crippen LogP contribution in [0, 0.1) is 5.92 Å². The maximum atomic E-state index is 11.0. The minimum absolute atomic E-state index is 0.421. The topological polar surface area (TPSA) is 20.3 Å². The summed E-state index contributed by atoms with van der Waals surface area (Å²) in [5.41, 5.74) is 2.88. The lowest BCUT2D eigenvalue weighted by Crippen LogP contribution is -2.24. The van der Waals surface area contributed by atoms with Gasteiger partial charge in [-0.15, -0.1) is 0 Å². The lowest BCUT2D eigenvalue weighted by molar-refractivity contribution is -0.108. The Labute approximate surface area is 142 Å². The number of hydrogen-bond donors (Lipinski definition) is 0. The molecule has 2 rings (SSSR count). The van der Waals surface area contributed by atoms with Gasteiger partial charge in [0.2, 0.25) is 0 Å². The maximum Gasteiger partial charge on any atom is 0.120 e. The molecule has 0 saturated carbocycles. The summed E-state index contributed by atoms with van der Waals surface area (Å²) in [6, 6.07) is 10.6. The van der Waals surface area contributed by atoms with E-state index in [1.807, 2.05) is 0 Å². The van der Waals surface area contributed by atoms with Gasteiger partial charge in [-0.1, -0.05) is 72.6 Å². The van der Waals surface area contributed by atoms with Gasteiger partial charge in [0.25, 0.3) is 0 Å². The first-order valence-electron chi connectivity index (χ1n) is 7.50. The van der Waals surface area contributed by atoms with Gasteiger partial charge in [0.15, 0.2) is 0 Å². The summed E-state index contributed by atoms with van der Waals surface area (Å²) in [7, 11) is -1.29. The Morgan fingerprint density at radius 2 is 2.00 bits per heavy atom. The van der Waals surface area contributed by atoms with Gasteiger partial charge in [0.1, 0.15) is 6.29 Å². The molecule has 0 N–H and O–H groups in total. The summed E-state index contributed by atoms with van der Waals surface area (Å²) in [6.45, 7) is 10.2. The summed E-state index contributed by atoms with van der Waals surface area (Å²) < 4.78 is 1.56. The second-order valence-corrected chi connectivity index (χ2v) is 13.9. The number of likely N-dealkylation sites (tertiary alicyclic amines) is 1. The molecule has 1 atom stereocenters. The number of nitrogens with zero attached hydrogens (tertiary/aromatic N) is 1. The third kappa shape index (κ3) is 4.50. The molecule has 1 saturated heterocycles. The highest BCUT2D eigenvalue weighted by molar-refractivity contribution is 14.1. The second-order valence-electron chi connectivity index (χ2n) is 6.84. The normalized spacial score (nSPS) is 22.4. The van der Waals surface area contributed by atoms with Crippen molar-refractivity contribution in [2.24, 2.45) is 5.92 Å². The van der Waals surface area contributed by atoms with Crippen LogP contribution >= 0.6 is 22.6 Å². The Morgan fingerprint density at radius 1 is 1.33 bits per heavy atom. The molecule has 1 unspecified atom stereocenters. The van der Waals surface area contributed by atoms with Gasteiger partial charge in [0.05, 0.1) is 8.07 Å². The molecule has 0 radical (unpaired) electrons. The van der Waals surface area contributed by atoms with Crippen molar-refractivity contribution in [2.45, 2.75) is 32.6 Å². The van der Waals surface area contributed by atoms with Crippen LogP contribution in [-0.2, 0) is 11.3 Å². The molecule has 4 heteroatoms. The molecule has 1 heterocycles. The van der Waals surface area contributed by atoms with Gasteiger partial charge in [-0.2, -0.15) is 0 Å². The predicted octanol–water partition coefficient (Wildman–Crippen LogP) is 4.27. The van der Waals surface area contributed by atoms with Crippen LogP contribution in [0.25, 0.3) is 0 Å². The zero-order chi connectivity index (χ0) is 15.5. The fourth-order valence-electron chi connectivity index (χ4n) is 2.88. The molecule has 21 heavy (non-hydrogen) atoms. The number of aldehydes is 1. The van der Waals surface area contributed by atoms with Crippen LogP contribution in [0.1, 0.15) is 12.0 Å². The molecule has 2 nitrogen and oxygen atoms in total. The van der Waals surface area contributed by atoms with E-state index in [0.717, 1.165) is 25.9 Å². The molecule has 1 aromatic rings. The third-order valence-electron chi connectivity index (χ3n) is 3.94. The van der Waals surface area contributed by atoms with E-state index < -0.39 is 8.07 Å². The summed E-state index contributed by atoms with van der Waals surface area (Å²) in [5, 5.41) is 0. The van der Waals surface area contributed by atoms with E-state index in [4.69, 9.17) is 0 Å². The predicted molar refractivity (Wildman–Crippen MR) is 100 cm³/mol. The van der Waals surface area contributed by atoms with Crippen LogP contribution in [0.2, 0.25) is 19.6 Å². The maximum absolute atomic E-state index is 11.0. The molecule has 1 aliphatic rings. The fourth-order valence-corrected chi connectivity index (χ4v) is 4.74. The molecular weight excluding hydrogens is 389 g/mol. The van der Waals surface area contributed by atoms with Crippen molar-refractivity contribution in [1.82, 2.24) is 4.90 Å².